The van der Waals surface area contributed by atoms with E-state index in [0.29, 0.717) is 17.5 Å². The Morgan fingerprint density at radius 2 is 2.00 bits per heavy atom. The third-order valence-electron chi connectivity index (χ3n) is 5.19. The van der Waals surface area contributed by atoms with Crippen LogP contribution in [-0.2, 0) is 11.2 Å². The first-order chi connectivity index (χ1) is 12.7. The molecule has 1 atom stereocenters. The zero-order valence-electron chi connectivity index (χ0n) is 14.9. The highest BCUT2D eigenvalue weighted by Gasteiger charge is 2.27. The number of carbonyl (C=O) groups excluding carboxylic acids is 1. The first-order valence-electron chi connectivity index (χ1n) is 9.29. The van der Waals surface area contributed by atoms with Crippen molar-refractivity contribution in [3.8, 4) is 0 Å². The molecular weight excluding hydrogens is 344 g/mol. The number of aromatic amines is 1. The molecule has 4 rings (SSSR count). The molecule has 1 aliphatic carbocycles. The summed E-state index contributed by atoms with van der Waals surface area (Å²) in [5, 5.41) is 5.03. The van der Waals surface area contributed by atoms with Crippen molar-refractivity contribution in [3.05, 3.63) is 70.4 Å². The summed E-state index contributed by atoms with van der Waals surface area (Å²) < 4.78 is 0. The second-order valence-electron chi connectivity index (χ2n) is 7.09. The van der Waals surface area contributed by atoms with E-state index in [4.69, 9.17) is 11.6 Å². The molecule has 1 saturated carbocycles. The number of benzene rings is 2. The van der Waals surface area contributed by atoms with Gasteiger partial charge in [0.05, 0.1) is 0 Å². The van der Waals surface area contributed by atoms with Crippen LogP contribution in [0.15, 0.2) is 48.7 Å². The quantitative estimate of drug-likeness (QED) is 0.620. The lowest BCUT2D eigenvalue weighted by Crippen LogP contribution is -2.27. The number of aryl methyl sites for hydroxylation is 1. The van der Waals surface area contributed by atoms with Gasteiger partial charge in [-0.15, -0.1) is 0 Å². The van der Waals surface area contributed by atoms with Crippen molar-refractivity contribution in [2.24, 2.45) is 0 Å². The Morgan fingerprint density at radius 3 is 2.69 bits per heavy atom. The number of hydrogen-bond donors (Lipinski definition) is 2. The Hall–Kier alpha value is -2.26. The lowest BCUT2D eigenvalue weighted by molar-refractivity contribution is -0.121. The van der Waals surface area contributed by atoms with Gasteiger partial charge in [0, 0.05) is 40.5 Å². The highest BCUT2D eigenvalue weighted by Crippen LogP contribution is 2.35. The fourth-order valence-electron chi connectivity index (χ4n) is 3.62. The summed E-state index contributed by atoms with van der Waals surface area (Å²) in [5.74, 6) is 0.125. The number of fused-ring (bicyclic) bond motifs is 1. The fraction of sp³-hybridized carbons (Fsp3) is 0.318. The molecule has 26 heavy (non-hydrogen) atoms. The Balaban J connectivity index is 1.74. The number of H-pyrrole nitrogens is 1. The minimum Gasteiger partial charge on any atom is -0.361 e. The van der Waals surface area contributed by atoms with Crippen molar-refractivity contribution in [2.45, 2.75) is 44.6 Å². The number of nitrogens with one attached hydrogen (secondary N) is 2. The summed E-state index contributed by atoms with van der Waals surface area (Å²) in [7, 11) is 0. The van der Waals surface area contributed by atoms with Gasteiger partial charge in [-0.2, -0.15) is 0 Å². The third-order valence-corrected chi connectivity index (χ3v) is 5.45. The molecule has 134 valence electrons. The fourth-order valence-corrected chi connectivity index (χ4v) is 3.75. The number of para-hydroxylation sites is 1. The van der Waals surface area contributed by atoms with Gasteiger partial charge >= 0.3 is 0 Å². The van der Waals surface area contributed by atoms with E-state index >= 15 is 0 Å². The normalized spacial score (nSPS) is 15.2. The summed E-state index contributed by atoms with van der Waals surface area (Å²) >= 11 is 6.07. The van der Waals surface area contributed by atoms with Gasteiger partial charge in [0.25, 0.3) is 0 Å². The van der Waals surface area contributed by atoms with Gasteiger partial charge in [0.15, 0.2) is 0 Å². The molecule has 2 aromatic carbocycles. The zero-order valence-corrected chi connectivity index (χ0v) is 15.6. The largest absolute Gasteiger partial charge is 0.361 e. The van der Waals surface area contributed by atoms with E-state index in [9.17, 15) is 4.79 Å². The minimum atomic E-state index is 0.00636. The van der Waals surface area contributed by atoms with Gasteiger partial charge in [-0.25, -0.2) is 0 Å². The van der Waals surface area contributed by atoms with Gasteiger partial charge < -0.3 is 10.3 Å². The van der Waals surface area contributed by atoms with Crippen molar-refractivity contribution in [3.63, 3.8) is 0 Å². The van der Waals surface area contributed by atoms with E-state index in [1.165, 1.54) is 22.0 Å². The molecule has 0 bridgehead atoms. The van der Waals surface area contributed by atoms with Crippen LogP contribution in [-0.4, -0.2) is 16.9 Å². The highest BCUT2D eigenvalue weighted by atomic mass is 35.5. The van der Waals surface area contributed by atoms with Crippen molar-refractivity contribution in [1.82, 2.24) is 10.3 Å². The lowest BCUT2D eigenvalue weighted by Gasteiger charge is -2.17. The summed E-state index contributed by atoms with van der Waals surface area (Å²) in [6.07, 6.45) is 5.69. The van der Waals surface area contributed by atoms with Crippen molar-refractivity contribution < 1.29 is 4.79 Å². The molecule has 1 fully saturated rings. The van der Waals surface area contributed by atoms with Crippen LogP contribution in [0.3, 0.4) is 0 Å². The Labute approximate surface area is 158 Å². The molecule has 2 N–H and O–H groups in total. The minimum absolute atomic E-state index is 0.00636. The average molecular weight is 367 g/mol. The van der Waals surface area contributed by atoms with Crippen LogP contribution in [0.4, 0.5) is 0 Å². The standard InChI is InChI=1S/C22H23ClN2O/c1-2-14-4-3-5-18-20(13-24-22(14)18)19(12-21(26)25-17-10-11-17)15-6-8-16(23)9-7-15/h3-9,13,17,19,24H,2,10-12H2,1H3,(H,25,26)/t19-/m0/s1. The number of amides is 1. The molecule has 3 aromatic rings. The van der Waals surface area contributed by atoms with E-state index in [1.54, 1.807) is 0 Å². The monoisotopic (exact) mass is 366 g/mol. The first kappa shape index (κ1) is 17.2. The molecule has 0 spiro atoms. The summed E-state index contributed by atoms with van der Waals surface area (Å²) in [5.41, 5.74) is 4.75. The maximum absolute atomic E-state index is 12.6. The van der Waals surface area contributed by atoms with Gasteiger partial charge in [-0.05, 0) is 48.1 Å². The second-order valence-corrected chi connectivity index (χ2v) is 7.52. The molecule has 0 radical (unpaired) electrons. The highest BCUT2D eigenvalue weighted by molar-refractivity contribution is 6.30. The smallest absolute Gasteiger partial charge is 0.221 e. The lowest BCUT2D eigenvalue weighted by atomic mass is 9.87. The van der Waals surface area contributed by atoms with E-state index < -0.39 is 0 Å². The van der Waals surface area contributed by atoms with Crippen LogP contribution in [0.5, 0.6) is 0 Å². The average Bonchev–Trinajstić information content (AvgIpc) is 3.35. The molecule has 0 aliphatic heterocycles. The molecule has 0 saturated heterocycles. The third kappa shape index (κ3) is 3.49. The van der Waals surface area contributed by atoms with Gasteiger partial charge in [-0.1, -0.05) is 48.9 Å². The predicted molar refractivity (Wildman–Crippen MR) is 107 cm³/mol. The molecule has 4 heteroatoms. The molecule has 0 unspecified atom stereocenters. The topological polar surface area (TPSA) is 44.9 Å². The first-order valence-corrected chi connectivity index (χ1v) is 9.67. The molecule has 3 nitrogen and oxygen atoms in total. The van der Waals surface area contributed by atoms with Crippen LogP contribution in [0.1, 0.15) is 48.8 Å². The van der Waals surface area contributed by atoms with Gasteiger partial charge in [-0.3, -0.25) is 4.79 Å². The van der Waals surface area contributed by atoms with Crippen LogP contribution in [0.2, 0.25) is 5.02 Å². The Bertz CT molecular complexity index is 925. The molecule has 1 aromatic heterocycles. The van der Waals surface area contributed by atoms with E-state index in [0.717, 1.165) is 24.8 Å². The van der Waals surface area contributed by atoms with Crippen molar-refractivity contribution >= 4 is 28.4 Å². The molecule has 1 heterocycles. The summed E-state index contributed by atoms with van der Waals surface area (Å²) in [4.78, 5) is 16.0. The molecule has 1 aliphatic rings. The number of aromatic nitrogens is 1. The number of hydrogen-bond acceptors (Lipinski definition) is 1. The van der Waals surface area contributed by atoms with Crippen LogP contribution >= 0.6 is 11.6 Å². The maximum atomic E-state index is 12.6. The number of rotatable bonds is 6. The summed E-state index contributed by atoms with van der Waals surface area (Å²) in [6.45, 7) is 2.16. The van der Waals surface area contributed by atoms with Crippen LogP contribution in [0.25, 0.3) is 10.9 Å². The van der Waals surface area contributed by atoms with Gasteiger partial charge in [0.1, 0.15) is 0 Å². The molecular formula is C22H23ClN2O. The predicted octanol–water partition coefficient (Wildman–Crippen LogP) is 5.18. The van der Waals surface area contributed by atoms with E-state index in [1.807, 2.05) is 24.3 Å². The van der Waals surface area contributed by atoms with Gasteiger partial charge in [0.2, 0.25) is 5.91 Å². The van der Waals surface area contributed by atoms with Crippen molar-refractivity contribution in [2.75, 3.05) is 0 Å². The SMILES string of the molecule is CCc1cccc2c([C@@H](CC(=O)NC3CC3)c3ccc(Cl)cc3)c[nH]c12. The second kappa shape index (κ2) is 7.16. The van der Waals surface area contributed by atoms with Crippen molar-refractivity contribution in [1.29, 1.82) is 0 Å². The number of carbonyl (C=O) groups is 1. The Morgan fingerprint density at radius 1 is 1.23 bits per heavy atom. The number of halogens is 1. The summed E-state index contributed by atoms with van der Waals surface area (Å²) in [6, 6.07) is 14.6. The van der Waals surface area contributed by atoms with Crippen LogP contribution in [0, 0.1) is 0 Å². The zero-order chi connectivity index (χ0) is 18.1. The van der Waals surface area contributed by atoms with Crippen LogP contribution < -0.4 is 5.32 Å². The Kier molecular flexibility index (Phi) is 4.73. The maximum Gasteiger partial charge on any atom is 0.221 e. The van der Waals surface area contributed by atoms with E-state index in [2.05, 4.69) is 41.6 Å². The molecule has 1 amide bonds. The van der Waals surface area contributed by atoms with E-state index in [-0.39, 0.29) is 11.8 Å².